The van der Waals surface area contributed by atoms with Crippen LogP contribution in [0.2, 0.25) is 0 Å². The second-order valence-electron chi connectivity index (χ2n) is 9.32. The van der Waals surface area contributed by atoms with Gasteiger partial charge in [-0.3, -0.25) is 14.3 Å². The summed E-state index contributed by atoms with van der Waals surface area (Å²) in [6.45, 7) is 2.19. The maximum absolute atomic E-state index is 13.1. The van der Waals surface area contributed by atoms with Crippen LogP contribution in [0, 0.1) is 0 Å². The lowest BCUT2D eigenvalue weighted by Gasteiger charge is -2.58. The van der Waals surface area contributed by atoms with E-state index in [1.807, 2.05) is 35.4 Å². The highest BCUT2D eigenvalue weighted by molar-refractivity contribution is 6.07. The molecule has 2 aliphatic heterocycles. The summed E-state index contributed by atoms with van der Waals surface area (Å²) in [5, 5.41) is 4.26. The van der Waals surface area contributed by atoms with E-state index in [9.17, 15) is 9.59 Å². The number of aromatic nitrogens is 1. The van der Waals surface area contributed by atoms with Crippen molar-refractivity contribution in [2.24, 2.45) is 0 Å². The summed E-state index contributed by atoms with van der Waals surface area (Å²) in [6.07, 6.45) is 5.76. The van der Waals surface area contributed by atoms with Crippen molar-refractivity contribution in [1.82, 2.24) is 9.88 Å². The van der Waals surface area contributed by atoms with Gasteiger partial charge in [-0.2, -0.15) is 0 Å². The lowest BCUT2D eigenvalue weighted by atomic mass is 9.64. The topological polar surface area (TPSA) is 57.6 Å². The van der Waals surface area contributed by atoms with Crippen LogP contribution < -0.4 is 15.1 Å². The van der Waals surface area contributed by atoms with E-state index >= 15 is 0 Å². The monoisotopic (exact) mass is 414 g/mol. The van der Waals surface area contributed by atoms with Gasteiger partial charge in [0.2, 0.25) is 5.91 Å². The molecule has 1 aliphatic carbocycles. The van der Waals surface area contributed by atoms with E-state index in [0.29, 0.717) is 6.54 Å². The zero-order valence-corrected chi connectivity index (χ0v) is 17.9. The fourth-order valence-corrected chi connectivity index (χ4v) is 6.09. The van der Waals surface area contributed by atoms with Crippen LogP contribution in [0.5, 0.6) is 0 Å². The minimum atomic E-state index is -0.215. The molecule has 2 fully saturated rings. The smallest absolute Gasteiger partial charge is 0.322 e. The van der Waals surface area contributed by atoms with Crippen molar-refractivity contribution in [1.29, 1.82) is 0 Å². The maximum Gasteiger partial charge on any atom is 0.322 e. The second-order valence-corrected chi connectivity index (χ2v) is 9.32. The third-order valence-electron chi connectivity index (χ3n) is 7.84. The lowest BCUT2D eigenvalue weighted by molar-refractivity contribution is 0.0941. The zero-order valence-electron chi connectivity index (χ0n) is 17.9. The zero-order chi connectivity index (χ0) is 21.4. The van der Waals surface area contributed by atoms with Crippen LogP contribution in [-0.2, 0) is 5.54 Å². The second kappa shape index (κ2) is 6.13. The summed E-state index contributed by atoms with van der Waals surface area (Å²) in [6, 6.07) is 16.4. The summed E-state index contributed by atoms with van der Waals surface area (Å²) < 4.78 is 1.64. The molecule has 1 saturated carbocycles. The van der Waals surface area contributed by atoms with Gasteiger partial charge in [0.15, 0.2) is 0 Å². The molecule has 3 heterocycles. The van der Waals surface area contributed by atoms with Crippen LogP contribution in [0.25, 0.3) is 10.9 Å². The number of benzene rings is 2. The van der Waals surface area contributed by atoms with E-state index in [0.717, 1.165) is 42.3 Å². The van der Waals surface area contributed by atoms with Crippen LogP contribution in [0.4, 0.5) is 16.2 Å². The average molecular weight is 415 g/mol. The molecule has 31 heavy (non-hydrogen) atoms. The molecule has 1 saturated heterocycles. The van der Waals surface area contributed by atoms with Gasteiger partial charge in [-0.25, -0.2) is 4.79 Å². The van der Waals surface area contributed by atoms with Gasteiger partial charge in [-0.1, -0.05) is 36.4 Å². The molecule has 0 unspecified atom stereocenters. The van der Waals surface area contributed by atoms with Crippen molar-refractivity contribution < 1.29 is 9.59 Å². The molecular weight excluding hydrogens is 388 g/mol. The third kappa shape index (κ3) is 2.39. The number of hydrogen-bond donors (Lipinski definition) is 1. The first-order chi connectivity index (χ1) is 14.9. The normalized spacial score (nSPS) is 27.0. The molecule has 2 spiro atoms. The van der Waals surface area contributed by atoms with E-state index in [2.05, 4.69) is 41.5 Å². The fourth-order valence-electron chi connectivity index (χ4n) is 6.09. The number of fused-ring (bicyclic) bond motifs is 3. The van der Waals surface area contributed by atoms with Crippen LogP contribution in [0.1, 0.15) is 43.0 Å². The number of urea groups is 1. The summed E-state index contributed by atoms with van der Waals surface area (Å²) in [7, 11) is 2.19. The molecule has 6 heteroatoms. The molecule has 2 aromatic carbocycles. The summed E-state index contributed by atoms with van der Waals surface area (Å²) in [4.78, 5) is 29.5. The molecule has 6 nitrogen and oxygen atoms in total. The molecule has 0 radical (unpaired) electrons. The third-order valence-corrected chi connectivity index (χ3v) is 7.84. The Hall–Kier alpha value is -3.28. The van der Waals surface area contributed by atoms with Gasteiger partial charge >= 0.3 is 6.03 Å². The number of nitrogens with zero attached hydrogens (tertiary/aromatic N) is 3. The van der Waals surface area contributed by atoms with Crippen molar-refractivity contribution in [2.45, 2.75) is 43.7 Å². The van der Waals surface area contributed by atoms with E-state index in [4.69, 9.17) is 0 Å². The van der Waals surface area contributed by atoms with Gasteiger partial charge in [0.25, 0.3) is 0 Å². The van der Waals surface area contributed by atoms with Gasteiger partial charge in [0, 0.05) is 36.8 Å². The average Bonchev–Trinajstić information content (AvgIpc) is 3.32. The van der Waals surface area contributed by atoms with E-state index in [-0.39, 0.29) is 23.0 Å². The first-order valence-corrected chi connectivity index (χ1v) is 11.0. The predicted octanol–water partition coefficient (Wildman–Crippen LogP) is 4.49. The number of nitrogens with one attached hydrogen (secondary N) is 1. The minimum absolute atomic E-state index is 0.0527. The molecule has 0 atom stereocenters. The standard InChI is InChI=1S/C25H26N4O2/c1-17(30)28-15-22(18-7-3-5-9-20(18)28)29-16-24(26-23(29)31)11-13-25(14-12-24)19-8-4-6-10-21(19)27(25)2/h3-10,15H,11-14,16H2,1-2H3,(H,26,31). The highest BCUT2D eigenvalue weighted by Gasteiger charge is 2.55. The number of amides is 2. The van der Waals surface area contributed by atoms with Crippen molar-refractivity contribution in [3.63, 3.8) is 0 Å². The molecule has 3 aromatic rings. The van der Waals surface area contributed by atoms with Gasteiger partial charge < -0.3 is 10.2 Å². The Bertz CT molecular complexity index is 1240. The number of carbonyl (C=O) groups excluding carboxylic acids is 2. The lowest BCUT2D eigenvalue weighted by Crippen LogP contribution is -2.59. The highest BCUT2D eigenvalue weighted by Crippen LogP contribution is 2.56. The molecule has 1 N–H and O–H groups in total. The van der Waals surface area contributed by atoms with Crippen LogP contribution >= 0.6 is 0 Å². The van der Waals surface area contributed by atoms with Gasteiger partial charge in [0.1, 0.15) is 0 Å². The molecule has 158 valence electrons. The molecular formula is C25H26N4O2. The fraction of sp³-hybridized carbons (Fsp3) is 0.360. The Balaban J connectivity index is 1.29. The quantitative estimate of drug-likeness (QED) is 0.638. The number of carbonyl (C=O) groups is 2. The maximum atomic E-state index is 13.1. The Morgan fingerprint density at radius 1 is 0.968 bits per heavy atom. The number of hydrogen-bond acceptors (Lipinski definition) is 3. The van der Waals surface area contributed by atoms with E-state index in [1.165, 1.54) is 11.3 Å². The first-order valence-electron chi connectivity index (χ1n) is 11.0. The van der Waals surface area contributed by atoms with Gasteiger partial charge in [-0.05, 0) is 37.8 Å². The Morgan fingerprint density at radius 2 is 1.68 bits per heavy atom. The van der Waals surface area contributed by atoms with Crippen LogP contribution in [0.3, 0.4) is 0 Å². The number of para-hydroxylation sites is 2. The summed E-state index contributed by atoms with van der Waals surface area (Å²) >= 11 is 0. The SMILES string of the molecule is CC(=O)n1cc(N2CC3(CCC4(CC3)c3ccccc3N4C)NC2=O)c2ccccc21. The van der Waals surface area contributed by atoms with Crippen molar-refractivity contribution >= 4 is 34.2 Å². The molecule has 6 rings (SSSR count). The number of anilines is 2. The number of rotatable bonds is 1. The minimum Gasteiger partial charge on any atom is -0.364 e. The largest absolute Gasteiger partial charge is 0.364 e. The Kier molecular flexibility index (Phi) is 3.65. The van der Waals surface area contributed by atoms with E-state index < -0.39 is 0 Å². The van der Waals surface area contributed by atoms with Crippen molar-refractivity contribution in [3.05, 3.63) is 60.3 Å². The van der Waals surface area contributed by atoms with Crippen molar-refractivity contribution in [2.75, 3.05) is 23.4 Å². The summed E-state index contributed by atoms with van der Waals surface area (Å²) in [5.74, 6) is -0.0527. The van der Waals surface area contributed by atoms with Gasteiger partial charge in [-0.15, -0.1) is 0 Å². The summed E-state index contributed by atoms with van der Waals surface area (Å²) in [5.41, 5.74) is 4.31. The van der Waals surface area contributed by atoms with Crippen LogP contribution in [-0.4, -0.2) is 35.6 Å². The van der Waals surface area contributed by atoms with Gasteiger partial charge in [0.05, 0.1) is 28.8 Å². The molecule has 0 bridgehead atoms. The van der Waals surface area contributed by atoms with E-state index in [1.54, 1.807) is 11.5 Å². The Morgan fingerprint density at radius 3 is 2.45 bits per heavy atom. The predicted molar refractivity (Wildman–Crippen MR) is 122 cm³/mol. The van der Waals surface area contributed by atoms with Crippen LogP contribution in [0.15, 0.2) is 54.7 Å². The first kappa shape index (κ1) is 18.5. The molecule has 1 aromatic heterocycles. The van der Waals surface area contributed by atoms with Crippen molar-refractivity contribution in [3.8, 4) is 0 Å². The molecule has 3 aliphatic rings. The highest BCUT2D eigenvalue weighted by atomic mass is 16.2. The Labute approximate surface area is 181 Å². The molecule has 2 amide bonds.